The maximum absolute atomic E-state index is 12.4. The first-order valence-corrected chi connectivity index (χ1v) is 7.42. The van der Waals surface area contributed by atoms with E-state index in [0.717, 1.165) is 5.56 Å². The second-order valence-electron chi connectivity index (χ2n) is 5.25. The van der Waals surface area contributed by atoms with Gasteiger partial charge in [-0.1, -0.05) is 6.92 Å². The fourth-order valence-corrected chi connectivity index (χ4v) is 3.55. The van der Waals surface area contributed by atoms with Gasteiger partial charge in [-0.2, -0.15) is 16.6 Å². The zero-order chi connectivity index (χ0) is 14.3. The lowest BCUT2D eigenvalue weighted by Gasteiger charge is -2.32. The number of nitrogens with zero attached hydrogens (tertiary/aromatic N) is 1. The van der Waals surface area contributed by atoms with Crippen LogP contribution in [-0.2, 0) is 9.53 Å². The maximum atomic E-state index is 12.4. The predicted molar refractivity (Wildman–Crippen MR) is 75.4 cm³/mol. The highest BCUT2D eigenvalue weighted by atomic mass is 32.1. The molecule has 1 aromatic heterocycles. The van der Waals surface area contributed by atoms with Crippen molar-refractivity contribution in [1.29, 1.82) is 5.26 Å². The van der Waals surface area contributed by atoms with E-state index in [9.17, 15) is 10.1 Å². The van der Waals surface area contributed by atoms with Crippen LogP contribution in [0.3, 0.4) is 0 Å². The summed E-state index contributed by atoms with van der Waals surface area (Å²) in [4.78, 5) is 12.4. The fourth-order valence-electron chi connectivity index (χ4n) is 2.87. The third kappa shape index (κ3) is 1.93. The minimum absolute atomic E-state index is 0.0650. The molecule has 0 fully saturated rings. The Labute approximate surface area is 121 Å². The highest BCUT2D eigenvalue weighted by Crippen LogP contribution is 2.44. The Hall–Kier alpha value is -2.06. The molecule has 0 spiro atoms. The van der Waals surface area contributed by atoms with Crippen LogP contribution in [0.15, 0.2) is 39.6 Å². The second-order valence-corrected chi connectivity index (χ2v) is 6.03. The van der Waals surface area contributed by atoms with Crippen molar-refractivity contribution in [1.82, 2.24) is 0 Å². The average molecular weight is 286 g/mol. The lowest BCUT2D eigenvalue weighted by molar-refractivity contribution is -0.117. The number of allylic oxidation sites excluding steroid dienone is 3. The van der Waals surface area contributed by atoms with Crippen LogP contribution in [0.25, 0.3) is 0 Å². The van der Waals surface area contributed by atoms with Crippen molar-refractivity contribution in [2.45, 2.75) is 25.7 Å². The first-order valence-electron chi connectivity index (χ1n) is 6.47. The molecule has 2 aliphatic rings. The lowest BCUT2D eigenvalue weighted by atomic mass is 9.76. The van der Waals surface area contributed by atoms with Gasteiger partial charge in [-0.25, -0.2) is 0 Å². The van der Waals surface area contributed by atoms with E-state index >= 15 is 0 Å². The molecule has 1 aliphatic heterocycles. The number of ketones is 1. The molecule has 0 saturated heterocycles. The molecular weight excluding hydrogens is 272 g/mol. The summed E-state index contributed by atoms with van der Waals surface area (Å²) >= 11 is 1.54. The minimum atomic E-state index is -0.366. The van der Waals surface area contributed by atoms with E-state index in [1.165, 1.54) is 0 Å². The van der Waals surface area contributed by atoms with E-state index in [4.69, 9.17) is 10.5 Å². The molecule has 3 rings (SSSR count). The molecule has 20 heavy (non-hydrogen) atoms. The molecule has 1 aliphatic carbocycles. The number of carbonyl (C=O) groups excluding carboxylic acids is 1. The number of Topliss-reactive ketones (excluding diaryl/α,β-unsaturated/α-hetero) is 1. The van der Waals surface area contributed by atoms with E-state index in [-0.39, 0.29) is 23.5 Å². The van der Waals surface area contributed by atoms with Gasteiger partial charge < -0.3 is 10.5 Å². The first kappa shape index (κ1) is 12.9. The molecule has 2 heterocycles. The number of hydrogen-bond donors (Lipinski definition) is 1. The summed E-state index contributed by atoms with van der Waals surface area (Å²) < 4.78 is 5.56. The molecule has 0 saturated carbocycles. The van der Waals surface area contributed by atoms with Crippen LogP contribution in [0.2, 0.25) is 0 Å². The Balaban J connectivity index is 2.16. The fraction of sp³-hybridized carbons (Fsp3) is 0.333. The minimum Gasteiger partial charge on any atom is -0.444 e. The topological polar surface area (TPSA) is 76.1 Å². The molecule has 1 aromatic rings. The van der Waals surface area contributed by atoms with Gasteiger partial charge in [0, 0.05) is 18.4 Å². The van der Waals surface area contributed by atoms with Gasteiger partial charge in [-0.05, 0) is 28.3 Å². The van der Waals surface area contributed by atoms with Crippen molar-refractivity contribution < 1.29 is 9.53 Å². The molecule has 0 radical (unpaired) electrons. The van der Waals surface area contributed by atoms with Crippen molar-refractivity contribution in [3.63, 3.8) is 0 Å². The molecule has 2 atom stereocenters. The molecule has 102 valence electrons. The van der Waals surface area contributed by atoms with Crippen molar-refractivity contribution in [2.24, 2.45) is 11.7 Å². The summed E-state index contributed by atoms with van der Waals surface area (Å²) in [6.45, 7) is 2.02. The summed E-state index contributed by atoms with van der Waals surface area (Å²) in [6, 6.07) is 4.04. The Morgan fingerprint density at radius 2 is 2.30 bits per heavy atom. The van der Waals surface area contributed by atoms with Gasteiger partial charge in [0.15, 0.2) is 5.78 Å². The van der Waals surface area contributed by atoms with Gasteiger partial charge in [0.2, 0.25) is 5.88 Å². The smallest absolute Gasteiger partial charge is 0.205 e. The Kier molecular flexibility index (Phi) is 3.11. The number of hydrogen-bond acceptors (Lipinski definition) is 5. The van der Waals surface area contributed by atoms with Crippen LogP contribution < -0.4 is 5.73 Å². The maximum Gasteiger partial charge on any atom is 0.205 e. The van der Waals surface area contributed by atoms with Crippen LogP contribution in [0.1, 0.15) is 31.2 Å². The van der Waals surface area contributed by atoms with Gasteiger partial charge in [0.05, 0.1) is 5.92 Å². The molecule has 5 heteroatoms. The summed E-state index contributed by atoms with van der Waals surface area (Å²) in [5.74, 6) is 0.719. The number of nitrogens with two attached hydrogens (primary N) is 1. The van der Waals surface area contributed by atoms with Crippen molar-refractivity contribution in [2.75, 3.05) is 0 Å². The van der Waals surface area contributed by atoms with Crippen LogP contribution in [-0.4, -0.2) is 5.78 Å². The summed E-state index contributed by atoms with van der Waals surface area (Å²) in [5.41, 5.74) is 7.77. The third-order valence-corrected chi connectivity index (χ3v) is 4.44. The van der Waals surface area contributed by atoms with Crippen molar-refractivity contribution >= 4 is 17.1 Å². The highest BCUT2D eigenvalue weighted by molar-refractivity contribution is 7.08. The van der Waals surface area contributed by atoms with Gasteiger partial charge >= 0.3 is 0 Å². The second kappa shape index (κ2) is 4.80. The van der Waals surface area contributed by atoms with Gasteiger partial charge in [-0.15, -0.1) is 0 Å². The van der Waals surface area contributed by atoms with Crippen molar-refractivity contribution in [3.05, 3.63) is 45.2 Å². The van der Waals surface area contributed by atoms with Gasteiger partial charge in [0.25, 0.3) is 0 Å². The Morgan fingerprint density at radius 3 is 2.95 bits per heavy atom. The molecule has 4 nitrogen and oxygen atoms in total. The predicted octanol–water partition coefficient (Wildman–Crippen LogP) is 2.81. The zero-order valence-corrected chi connectivity index (χ0v) is 11.9. The summed E-state index contributed by atoms with van der Waals surface area (Å²) in [6.07, 6.45) is 1.20. The molecule has 0 aromatic carbocycles. The number of rotatable bonds is 1. The van der Waals surface area contributed by atoms with E-state index < -0.39 is 0 Å². The number of thiophene rings is 1. The Morgan fingerprint density at radius 1 is 1.50 bits per heavy atom. The average Bonchev–Trinajstić information content (AvgIpc) is 2.90. The molecule has 2 N–H and O–H groups in total. The van der Waals surface area contributed by atoms with Gasteiger partial charge in [0.1, 0.15) is 17.4 Å². The van der Waals surface area contributed by atoms with E-state index in [1.54, 1.807) is 11.3 Å². The lowest BCUT2D eigenvalue weighted by Crippen LogP contribution is -2.29. The summed E-state index contributed by atoms with van der Waals surface area (Å²) in [7, 11) is 0. The number of nitriles is 1. The van der Waals surface area contributed by atoms with Crippen molar-refractivity contribution in [3.8, 4) is 6.07 Å². The van der Waals surface area contributed by atoms with Gasteiger partial charge in [-0.3, -0.25) is 4.79 Å². The highest BCUT2D eigenvalue weighted by Gasteiger charge is 2.39. The quantitative estimate of drug-likeness (QED) is 0.861. The monoisotopic (exact) mass is 286 g/mol. The molecule has 0 unspecified atom stereocenters. The molecule has 0 bridgehead atoms. The van der Waals surface area contributed by atoms with Crippen LogP contribution in [0.4, 0.5) is 0 Å². The largest absolute Gasteiger partial charge is 0.444 e. The Bertz CT molecular complexity index is 665. The van der Waals surface area contributed by atoms with Crippen LogP contribution in [0.5, 0.6) is 0 Å². The standard InChI is InChI=1S/C15H14N2O2S/c1-8-4-11(18)14-12(5-8)19-15(17)10(6-16)13(14)9-2-3-20-7-9/h2-3,7-8,13H,4-5,17H2,1H3/t8-,13+/m0/s1. The zero-order valence-electron chi connectivity index (χ0n) is 11.1. The normalized spacial score (nSPS) is 26.1. The SMILES string of the molecule is C[C@H]1CC(=O)C2=C(C1)OC(N)=C(C#N)[C@H]2c1ccsc1. The number of ether oxygens (including phenoxy) is 1. The first-order chi connectivity index (χ1) is 9.61. The molecule has 0 amide bonds. The van der Waals surface area contributed by atoms with E-state index in [2.05, 4.69) is 6.07 Å². The third-order valence-electron chi connectivity index (χ3n) is 3.74. The summed E-state index contributed by atoms with van der Waals surface area (Å²) in [5, 5.41) is 13.3. The van der Waals surface area contributed by atoms with E-state index in [0.29, 0.717) is 29.7 Å². The van der Waals surface area contributed by atoms with Crippen LogP contribution in [0, 0.1) is 17.2 Å². The van der Waals surface area contributed by atoms with Crippen LogP contribution >= 0.6 is 11.3 Å². The number of carbonyl (C=O) groups is 1. The molecular formula is C15H14N2O2S. The van der Waals surface area contributed by atoms with E-state index in [1.807, 2.05) is 23.8 Å².